The third-order valence-electron chi connectivity index (χ3n) is 3.44. The van der Waals surface area contributed by atoms with Crippen LogP contribution >= 0.6 is 11.6 Å². The van der Waals surface area contributed by atoms with Crippen LogP contribution in [0, 0.1) is 0 Å². The van der Waals surface area contributed by atoms with Gasteiger partial charge in [-0.15, -0.1) is 5.10 Å². The number of benzene rings is 2. The summed E-state index contributed by atoms with van der Waals surface area (Å²) in [6, 6.07) is 13.5. The number of hydrogen-bond acceptors (Lipinski definition) is 5. The average molecular weight is 393 g/mol. The number of hydrogen-bond donors (Lipinski definition) is 1. The lowest BCUT2D eigenvalue weighted by Crippen LogP contribution is -2.14. The summed E-state index contributed by atoms with van der Waals surface area (Å²) in [4.78, 5) is 4.10. The molecule has 0 aliphatic rings. The lowest BCUT2D eigenvalue weighted by atomic mass is 10.2. The van der Waals surface area contributed by atoms with Crippen LogP contribution < -0.4 is 9.46 Å². The Kier molecular flexibility index (Phi) is 5.43. The molecule has 0 unspecified atom stereocenters. The maximum Gasteiger partial charge on any atom is 0.264 e. The fourth-order valence-electron chi connectivity index (χ4n) is 2.30. The molecule has 3 aromatic rings. The molecule has 0 saturated carbocycles. The highest BCUT2D eigenvalue weighted by Gasteiger charge is 2.16. The number of halogens is 1. The Bertz CT molecular complexity index is 987. The van der Waals surface area contributed by atoms with E-state index in [0.717, 1.165) is 5.56 Å². The topological polar surface area (TPSA) is 86.1 Å². The molecule has 0 spiro atoms. The third-order valence-corrected chi connectivity index (χ3v) is 5.02. The van der Waals surface area contributed by atoms with E-state index in [9.17, 15) is 8.42 Å². The predicted molar refractivity (Wildman–Crippen MR) is 99.0 cm³/mol. The number of nitrogens with one attached hydrogen (secondary N) is 1. The Balaban J connectivity index is 1.71. The van der Waals surface area contributed by atoms with Crippen molar-refractivity contribution in [2.75, 3.05) is 11.3 Å². The first kappa shape index (κ1) is 18.2. The van der Waals surface area contributed by atoms with Gasteiger partial charge in [-0.2, -0.15) is 4.98 Å². The van der Waals surface area contributed by atoms with E-state index in [0.29, 0.717) is 23.9 Å². The van der Waals surface area contributed by atoms with Crippen LogP contribution in [-0.2, 0) is 16.6 Å². The summed E-state index contributed by atoms with van der Waals surface area (Å²) in [7, 11) is -3.78. The first-order chi connectivity index (χ1) is 12.5. The molecule has 2 aromatic carbocycles. The SMILES string of the molecule is CCOc1ccc(S(=O)(=O)Nc2ncn(Cc3cccc(Cl)c3)n2)cc1. The van der Waals surface area contributed by atoms with Gasteiger partial charge < -0.3 is 4.74 Å². The largest absolute Gasteiger partial charge is 0.494 e. The van der Waals surface area contributed by atoms with Crippen LogP contribution in [0.5, 0.6) is 5.75 Å². The molecule has 0 amide bonds. The molecular formula is C17H17ClN4O3S. The van der Waals surface area contributed by atoms with E-state index in [1.54, 1.807) is 18.2 Å². The summed E-state index contributed by atoms with van der Waals surface area (Å²) in [5, 5.41) is 4.76. The zero-order valence-electron chi connectivity index (χ0n) is 14.0. The number of aromatic nitrogens is 3. The maximum atomic E-state index is 12.4. The minimum Gasteiger partial charge on any atom is -0.494 e. The van der Waals surface area contributed by atoms with Crippen molar-refractivity contribution in [2.24, 2.45) is 0 Å². The number of nitrogens with zero attached hydrogens (tertiary/aromatic N) is 3. The standard InChI is InChI=1S/C17H17ClN4O3S/c1-2-25-15-6-8-16(9-7-15)26(23,24)21-17-19-12-22(20-17)11-13-4-3-5-14(18)10-13/h3-10,12H,2,11H2,1H3,(H,20,21). The van der Waals surface area contributed by atoms with Crippen molar-refractivity contribution < 1.29 is 13.2 Å². The van der Waals surface area contributed by atoms with Crippen LogP contribution in [0.15, 0.2) is 59.8 Å². The quantitative estimate of drug-likeness (QED) is 0.667. The predicted octanol–water partition coefficient (Wildman–Crippen LogP) is 3.18. The molecule has 1 N–H and O–H groups in total. The van der Waals surface area contributed by atoms with Gasteiger partial charge in [-0.25, -0.2) is 17.8 Å². The zero-order valence-corrected chi connectivity index (χ0v) is 15.5. The zero-order chi connectivity index (χ0) is 18.6. The number of anilines is 1. The highest BCUT2D eigenvalue weighted by molar-refractivity contribution is 7.92. The Morgan fingerprint density at radius 1 is 1.19 bits per heavy atom. The van der Waals surface area contributed by atoms with Crippen LogP contribution in [0.25, 0.3) is 0 Å². The first-order valence-electron chi connectivity index (χ1n) is 7.86. The Labute approximate surface area is 156 Å². The number of rotatable bonds is 7. The molecular weight excluding hydrogens is 376 g/mol. The van der Waals surface area contributed by atoms with Crippen LogP contribution in [-0.4, -0.2) is 29.8 Å². The summed E-state index contributed by atoms with van der Waals surface area (Å²) in [6.45, 7) is 2.80. The summed E-state index contributed by atoms with van der Waals surface area (Å²) in [5.41, 5.74) is 0.934. The second-order valence-electron chi connectivity index (χ2n) is 5.41. The van der Waals surface area contributed by atoms with Gasteiger partial charge in [0.1, 0.15) is 12.1 Å². The van der Waals surface area contributed by atoms with Crippen LogP contribution in [0.4, 0.5) is 5.95 Å². The van der Waals surface area contributed by atoms with E-state index in [1.807, 2.05) is 25.1 Å². The lowest BCUT2D eigenvalue weighted by Gasteiger charge is -2.06. The summed E-state index contributed by atoms with van der Waals surface area (Å²) < 4.78 is 34.1. The third kappa shape index (κ3) is 4.53. The molecule has 1 aromatic heterocycles. The van der Waals surface area contributed by atoms with Crippen LogP contribution in [0.3, 0.4) is 0 Å². The van der Waals surface area contributed by atoms with Gasteiger partial charge >= 0.3 is 0 Å². The molecule has 7 nitrogen and oxygen atoms in total. The summed E-state index contributed by atoms with van der Waals surface area (Å²) in [5.74, 6) is 0.608. The van der Waals surface area contributed by atoms with Crippen molar-refractivity contribution in [1.82, 2.24) is 14.8 Å². The van der Waals surface area contributed by atoms with Gasteiger partial charge in [-0.05, 0) is 48.9 Å². The number of ether oxygens (including phenoxy) is 1. The van der Waals surface area contributed by atoms with E-state index in [4.69, 9.17) is 16.3 Å². The Morgan fingerprint density at radius 3 is 2.65 bits per heavy atom. The van der Waals surface area contributed by atoms with E-state index in [2.05, 4.69) is 14.8 Å². The molecule has 0 saturated heterocycles. The Hall–Kier alpha value is -2.58. The molecule has 0 fully saturated rings. The van der Waals surface area contributed by atoms with E-state index in [1.165, 1.54) is 23.1 Å². The lowest BCUT2D eigenvalue weighted by molar-refractivity contribution is 0.340. The van der Waals surface area contributed by atoms with Crippen LogP contribution in [0.1, 0.15) is 12.5 Å². The molecule has 26 heavy (non-hydrogen) atoms. The highest BCUT2D eigenvalue weighted by Crippen LogP contribution is 2.18. The van der Waals surface area contributed by atoms with Gasteiger partial charge in [0.05, 0.1) is 18.0 Å². The second kappa shape index (κ2) is 7.76. The van der Waals surface area contributed by atoms with Crippen molar-refractivity contribution in [3.8, 4) is 5.75 Å². The monoisotopic (exact) mass is 392 g/mol. The van der Waals surface area contributed by atoms with Crippen molar-refractivity contribution in [1.29, 1.82) is 0 Å². The fourth-order valence-corrected chi connectivity index (χ4v) is 3.46. The van der Waals surface area contributed by atoms with E-state index in [-0.39, 0.29) is 10.8 Å². The second-order valence-corrected chi connectivity index (χ2v) is 7.52. The molecule has 0 radical (unpaired) electrons. The molecule has 0 bridgehead atoms. The highest BCUT2D eigenvalue weighted by atomic mass is 35.5. The van der Waals surface area contributed by atoms with Gasteiger partial charge in [0, 0.05) is 5.02 Å². The Morgan fingerprint density at radius 2 is 1.96 bits per heavy atom. The van der Waals surface area contributed by atoms with Crippen LogP contribution in [0.2, 0.25) is 5.02 Å². The van der Waals surface area contributed by atoms with Gasteiger partial charge in [-0.1, -0.05) is 23.7 Å². The van der Waals surface area contributed by atoms with Gasteiger partial charge in [0.25, 0.3) is 16.0 Å². The van der Waals surface area contributed by atoms with E-state index < -0.39 is 10.0 Å². The van der Waals surface area contributed by atoms with Gasteiger partial charge in [-0.3, -0.25) is 0 Å². The maximum absolute atomic E-state index is 12.4. The van der Waals surface area contributed by atoms with Crippen molar-refractivity contribution in [3.63, 3.8) is 0 Å². The van der Waals surface area contributed by atoms with Crippen molar-refractivity contribution in [2.45, 2.75) is 18.4 Å². The molecule has 136 valence electrons. The molecule has 3 rings (SSSR count). The first-order valence-corrected chi connectivity index (χ1v) is 9.72. The van der Waals surface area contributed by atoms with Gasteiger partial charge in [0.2, 0.25) is 0 Å². The summed E-state index contributed by atoms with van der Waals surface area (Å²) >= 11 is 5.96. The normalized spacial score (nSPS) is 11.3. The van der Waals surface area contributed by atoms with Crippen molar-refractivity contribution >= 4 is 27.6 Å². The van der Waals surface area contributed by atoms with Gasteiger partial charge in [0.15, 0.2) is 0 Å². The minimum atomic E-state index is -3.78. The molecule has 9 heteroatoms. The average Bonchev–Trinajstić information content (AvgIpc) is 3.02. The molecule has 0 aliphatic carbocycles. The fraction of sp³-hybridized carbons (Fsp3) is 0.176. The minimum absolute atomic E-state index is 0.000845. The summed E-state index contributed by atoms with van der Waals surface area (Å²) in [6.07, 6.45) is 1.46. The number of sulfonamides is 1. The van der Waals surface area contributed by atoms with Crippen molar-refractivity contribution in [3.05, 3.63) is 65.4 Å². The smallest absolute Gasteiger partial charge is 0.264 e. The van der Waals surface area contributed by atoms with E-state index >= 15 is 0 Å². The molecule has 0 aliphatic heterocycles. The molecule has 0 atom stereocenters. The molecule has 1 heterocycles.